The number of likely N-dealkylation sites (tertiary alicyclic amines) is 1. The number of hydrogen-bond acceptors (Lipinski definition) is 2. The van der Waals surface area contributed by atoms with Crippen LogP contribution in [-0.2, 0) is 0 Å². The maximum Gasteiger partial charge on any atom is 0.254 e. The van der Waals surface area contributed by atoms with Crippen LogP contribution in [0.15, 0.2) is 53.3 Å². The molecule has 1 aromatic heterocycles. The molecule has 3 nitrogen and oxygen atoms in total. The fourth-order valence-corrected chi connectivity index (χ4v) is 3.41. The molecule has 2 aromatic rings. The van der Waals surface area contributed by atoms with Crippen molar-refractivity contribution in [3.63, 3.8) is 0 Å². The standard InChI is InChI=1S/C17H17BrN2O/c18-16-14(9-6-11-19-16)15-10-4-5-12-20(15)17(21)13-7-2-1-3-8-13/h1-3,6-9,11,15H,4-5,10,12H2/t15-/m1/s1. The molecule has 2 heterocycles. The molecule has 1 saturated heterocycles. The van der Waals surface area contributed by atoms with Crippen molar-refractivity contribution in [2.45, 2.75) is 25.3 Å². The van der Waals surface area contributed by atoms with Crippen molar-refractivity contribution in [2.24, 2.45) is 0 Å². The van der Waals surface area contributed by atoms with Crippen molar-refractivity contribution in [3.8, 4) is 0 Å². The van der Waals surface area contributed by atoms with Crippen LogP contribution < -0.4 is 0 Å². The Labute approximate surface area is 133 Å². The predicted molar refractivity (Wildman–Crippen MR) is 86.0 cm³/mol. The number of hydrogen-bond donors (Lipinski definition) is 0. The van der Waals surface area contributed by atoms with Gasteiger partial charge < -0.3 is 4.90 Å². The van der Waals surface area contributed by atoms with E-state index in [0.29, 0.717) is 0 Å². The molecule has 0 aliphatic carbocycles. The Morgan fingerprint density at radius 2 is 1.95 bits per heavy atom. The quantitative estimate of drug-likeness (QED) is 0.764. The lowest BCUT2D eigenvalue weighted by Gasteiger charge is -2.36. The molecule has 0 bridgehead atoms. The Morgan fingerprint density at radius 3 is 2.71 bits per heavy atom. The maximum absolute atomic E-state index is 12.8. The molecular weight excluding hydrogens is 328 g/mol. The monoisotopic (exact) mass is 344 g/mol. The van der Waals surface area contributed by atoms with Gasteiger partial charge in [-0.15, -0.1) is 0 Å². The molecule has 1 aromatic carbocycles. The molecule has 1 aliphatic rings. The van der Waals surface area contributed by atoms with E-state index in [4.69, 9.17) is 0 Å². The fraction of sp³-hybridized carbons (Fsp3) is 0.294. The Balaban J connectivity index is 1.92. The topological polar surface area (TPSA) is 33.2 Å². The molecule has 0 unspecified atom stereocenters. The van der Waals surface area contributed by atoms with Crippen LogP contribution in [0.2, 0.25) is 0 Å². The Bertz CT molecular complexity index is 630. The van der Waals surface area contributed by atoms with E-state index < -0.39 is 0 Å². The van der Waals surface area contributed by atoms with Gasteiger partial charge in [0, 0.05) is 23.9 Å². The summed E-state index contributed by atoms with van der Waals surface area (Å²) in [6.45, 7) is 0.805. The van der Waals surface area contributed by atoms with Crippen molar-refractivity contribution in [1.29, 1.82) is 0 Å². The number of halogens is 1. The number of nitrogens with zero attached hydrogens (tertiary/aromatic N) is 2. The van der Waals surface area contributed by atoms with Crippen LogP contribution >= 0.6 is 15.9 Å². The second-order valence-corrected chi connectivity index (χ2v) is 6.01. The van der Waals surface area contributed by atoms with Crippen molar-refractivity contribution in [1.82, 2.24) is 9.88 Å². The number of aromatic nitrogens is 1. The highest BCUT2D eigenvalue weighted by molar-refractivity contribution is 9.10. The number of carbonyl (C=O) groups excluding carboxylic acids is 1. The van der Waals surface area contributed by atoms with Crippen LogP contribution in [0.5, 0.6) is 0 Å². The maximum atomic E-state index is 12.8. The van der Waals surface area contributed by atoms with Crippen LogP contribution in [-0.4, -0.2) is 22.3 Å². The van der Waals surface area contributed by atoms with Crippen molar-refractivity contribution >= 4 is 21.8 Å². The molecule has 1 fully saturated rings. The van der Waals surface area contributed by atoms with Crippen LogP contribution in [0.25, 0.3) is 0 Å². The van der Waals surface area contributed by atoms with Gasteiger partial charge in [0.25, 0.3) is 5.91 Å². The zero-order valence-corrected chi connectivity index (χ0v) is 13.3. The minimum absolute atomic E-state index is 0.106. The smallest absolute Gasteiger partial charge is 0.254 e. The number of amides is 1. The normalized spacial score (nSPS) is 18.5. The van der Waals surface area contributed by atoms with E-state index in [-0.39, 0.29) is 11.9 Å². The van der Waals surface area contributed by atoms with E-state index >= 15 is 0 Å². The molecule has 0 saturated carbocycles. The molecule has 1 atom stereocenters. The van der Waals surface area contributed by atoms with E-state index in [0.717, 1.165) is 41.5 Å². The number of benzene rings is 1. The molecule has 3 rings (SSSR count). The molecule has 4 heteroatoms. The van der Waals surface area contributed by atoms with Crippen molar-refractivity contribution < 1.29 is 4.79 Å². The lowest BCUT2D eigenvalue weighted by molar-refractivity contribution is 0.0610. The summed E-state index contributed by atoms with van der Waals surface area (Å²) in [6.07, 6.45) is 4.96. The van der Waals surface area contributed by atoms with Crippen molar-refractivity contribution in [3.05, 3.63) is 64.4 Å². The van der Waals surface area contributed by atoms with E-state index in [1.807, 2.05) is 41.3 Å². The first-order valence-corrected chi connectivity index (χ1v) is 8.03. The summed E-state index contributed by atoms with van der Waals surface area (Å²) >= 11 is 3.52. The van der Waals surface area contributed by atoms with Crippen molar-refractivity contribution in [2.75, 3.05) is 6.54 Å². The number of rotatable bonds is 2. The molecule has 1 amide bonds. The summed E-state index contributed by atoms with van der Waals surface area (Å²) in [5.74, 6) is 0.107. The molecule has 21 heavy (non-hydrogen) atoms. The first kappa shape index (κ1) is 14.3. The van der Waals surface area contributed by atoms with Gasteiger partial charge in [0.1, 0.15) is 4.60 Å². The second-order valence-electron chi connectivity index (χ2n) is 5.26. The van der Waals surface area contributed by atoms with Gasteiger partial charge in [0.05, 0.1) is 6.04 Å². The molecule has 0 radical (unpaired) electrons. The van der Waals surface area contributed by atoms with E-state index in [9.17, 15) is 4.79 Å². The third kappa shape index (κ3) is 3.00. The summed E-state index contributed by atoms with van der Waals surface area (Å²) in [4.78, 5) is 19.1. The van der Waals surface area contributed by atoms with Crippen LogP contribution in [0.4, 0.5) is 0 Å². The zero-order valence-electron chi connectivity index (χ0n) is 11.7. The third-order valence-electron chi connectivity index (χ3n) is 3.93. The summed E-state index contributed by atoms with van der Waals surface area (Å²) in [7, 11) is 0. The fourth-order valence-electron chi connectivity index (χ4n) is 2.89. The minimum Gasteiger partial charge on any atom is -0.332 e. The SMILES string of the molecule is O=C(c1ccccc1)N1CCCC[C@@H]1c1cccnc1Br. The summed E-state index contributed by atoms with van der Waals surface area (Å²) in [6, 6.07) is 13.6. The summed E-state index contributed by atoms with van der Waals surface area (Å²) in [5.41, 5.74) is 1.85. The lowest BCUT2D eigenvalue weighted by Crippen LogP contribution is -2.38. The highest BCUT2D eigenvalue weighted by Gasteiger charge is 2.29. The lowest BCUT2D eigenvalue weighted by atomic mass is 9.95. The van der Waals surface area contributed by atoms with Gasteiger partial charge in [0.2, 0.25) is 0 Å². The highest BCUT2D eigenvalue weighted by Crippen LogP contribution is 2.34. The average molecular weight is 345 g/mol. The largest absolute Gasteiger partial charge is 0.332 e. The van der Waals surface area contributed by atoms with Gasteiger partial charge in [-0.2, -0.15) is 0 Å². The number of carbonyl (C=O) groups is 1. The Morgan fingerprint density at radius 1 is 1.14 bits per heavy atom. The average Bonchev–Trinajstić information content (AvgIpc) is 2.55. The van der Waals surface area contributed by atoms with E-state index in [1.54, 1.807) is 6.20 Å². The predicted octanol–water partition coefficient (Wildman–Crippen LogP) is 4.21. The van der Waals surface area contributed by atoms with Gasteiger partial charge in [-0.1, -0.05) is 24.3 Å². The molecule has 0 spiro atoms. The van der Waals surface area contributed by atoms with Gasteiger partial charge >= 0.3 is 0 Å². The Hall–Kier alpha value is -1.68. The third-order valence-corrected chi connectivity index (χ3v) is 4.59. The molecule has 108 valence electrons. The van der Waals surface area contributed by atoms with Crippen LogP contribution in [0, 0.1) is 0 Å². The van der Waals surface area contributed by atoms with E-state index in [1.165, 1.54) is 0 Å². The highest BCUT2D eigenvalue weighted by atomic mass is 79.9. The number of pyridine rings is 1. The molecule has 0 N–H and O–H groups in total. The molecule has 1 aliphatic heterocycles. The van der Waals surface area contributed by atoms with Gasteiger partial charge in [-0.05, 0) is 53.4 Å². The second kappa shape index (κ2) is 6.39. The molecular formula is C17H17BrN2O. The van der Waals surface area contributed by atoms with Gasteiger partial charge in [0.15, 0.2) is 0 Å². The van der Waals surface area contributed by atoms with Crippen LogP contribution in [0.1, 0.15) is 41.2 Å². The first-order valence-electron chi connectivity index (χ1n) is 7.24. The Kier molecular flexibility index (Phi) is 4.34. The minimum atomic E-state index is 0.106. The van der Waals surface area contributed by atoms with Gasteiger partial charge in [-0.3, -0.25) is 4.79 Å². The number of piperidine rings is 1. The van der Waals surface area contributed by atoms with E-state index in [2.05, 4.69) is 27.0 Å². The van der Waals surface area contributed by atoms with Gasteiger partial charge in [-0.25, -0.2) is 4.98 Å². The summed E-state index contributed by atoms with van der Waals surface area (Å²) in [5, 5.41) is 0. The van der Waals surface area contributed by atoms with Crippen LogP contribution in [0.3, 0.4) is 0 Å². The zero-order chi connectivity index (χ0) is 14.7. The first-order chi connectivity index (χ1) is 10.3. The summed E-state index contributed by atoms with van der Waals surface area (Å²) < 4.78 is 0.836.